The Kier molecular flexibility index (Phi) is 7.57. The van der Waals surface area contributed by atoms with Crippen molar-refractivity contribution < 1.29 is 26.7 Å². The average molecular weight is 455 g/mol. The second-order valence-electron chi connectivity index (χ2n) is 8.22. The van der Waals surface area contributed by atoms with E-state index >= 15 is 0 Å². The van der Waals surface area contributed by atoms with Crippen molar-refractivity contribution in [3.05, 3.63) is 66.8 Å². The Balaban J connectivity index is 0.00000341. The van der Waals surface area contributed by atoms with Gasteiger partial charge in [-0.2, -0.15) is 0 Å². The van der Waals surface area contributed by atoms with Gasteiger partial charge in [0.05, 0.1) is 12.1 Å². The molecular formula is C26H28MnN2O2. The summed E-state index contributed by atoms with van der Waals surface area (Å²) in [5.74, 6) is 0.124. The number of hydrogen-bond acceptors (Lipinski definition) is 4. The quantitative estimate of drug-likeness (QED) is 0.373. The summed E-state index contributed by atoms with van der Waals surface area (Å²) in [6.07, 6.45) is 5.37. The van der Waals surface area contributed by atoms with Crippen LogP contribution in [0.1, 0.15) is 78.0 Å². The maximum absolute atomic E-state index is 12.6. The zero-order valence-electron chi connectivity index (χ0n) is 19.5. The van der Waals surface area contributed by atoms with Gasteiger partial charge in [0.1, 0.15) is 6.67 Å². The monoisotopic (exact) mass is 455 g/mol. The van der Waals surface area contributed by atoms with Crippen LogP contribution in [0.3, 0.4) is 0 Å². The van der Waals surface area contributed by atoms with Crippen molar-refractivity contribution in [3.63, 3.8) is 0 Å². The summed E-state index contributed by atoms with van der Waals surface area (Å²) >= 11 is 0. The van der Waals surface area contributed by atoms with Crippen LogP contribution in [-0.2, 0) is 21.9 Å². The first-order valence-electron chi connectivity index (χ1n) is 10.2. The minimum Gasteiger partial charge on any atom is -0.391 e. The summed E-state index contributed by atoms with van der Waals surface area (Å²) in [7, 11) is 0. The molecule has 0 saturated carbocycles. The largest absolute Gasteiger partial charge is 2.00 e. The first-order chi connectivity index (χ1) is 14.1. The van der Waals surface area contributed by atoms with Gasteiger partial charge >= 0.3 is 17.1 Å². The molecule has 2 aromatic carbocycles. The van der Waals surface area contributed by atoms with Gasteiger partial charge in [0.25, 0.3) is 0 Å². The zero-order valence-corrected chi connectivity index (χ0v) is 20.7. The van der Waals surface area contributed by atoms with Gasteiger partial charge in [-0.05, 0) is 56.2 Å². The van der Waals surface area contributed by atoms with Crippen molar-refractivity contribution in [2.24, 2.45) is 9.98 Å². The molecule has 0 atom stereocenters. The van der Waals surface area contributed by atoms with Crippen molar-refractivity contribution in [2.45, 2.75) is 61.8 Å². The minimum atomic E-state index is 0. The predicted octanol–water partition coefficient (Wildman–Crippen LogP) is 4.94. The third-order valence-corrected chi connectivity index (χ3v) is 6.90. The summed E-state index contributed by atoms with van der Waals surface area (Å²) in [6, 6.07) is 0. The second-order valence-corrected chi connectivity index (χ2v) is 8.22. The van der Waals surface area contributed by atoms with Crippen molar-refractivity contribution >= 4 is 24.0 Å². The van der Waals surface area contributed by atoms with Crippen LogP contribution >= 0.6 is 0 Å². The van der Waals surface area contributed by atoms with Crippen LogP contribution in [0.4, 0.5) is 0 Å². The van der Waals surface area contributed by atoms with Crippen molar-refractivity contribution in [3.8, 4) is 0 Å². The maximum Gasteiger partial charge on any atom is 2.00 e. The maximum atomic E-state index is 12.6. The summed E-state index contributed by atoms with van der Waals surface area (Å²) in [5, 5.41) is 0. The Hall–Kier alpha value is -2.36. The molecule has 1 radical (unpaired) electrons. The molecule has 4 nitrogen and oxygen atoms in total. The molecule has 0 aromatic heterocycles. The molecule has 1 aliphatic carbocycles. The molecule has 0 spiro atoms. The third-order valence-electron chi connectivity index (χ3n) is 6.90. The molecule has 0 N–H and O–H groups in total. The minimum absolute atomic E-state index is 0. The van der Waals surface area contributed by atoms with E-state index in [-0.39, 0.29) is 29.5 Å². The number of Topliss-reactive ketones (excluding diaryl/α,β-unsaturated/α-hetero) is 1. The fourth-order valence-electron chi connectivity index (χ4n) is 4.30. The fourth-order valence-corrected chi connectivity index (χ4v) is 4.30. The number of hydrogen-bond donors (Lipinski definition) is 0. The zero-order chi connectivity index (χ0) is 22.3. The number of rotatable bonds is 4. The van der Waals surface area contributed by atoms with E-state index in [1.165, 1.54) is 11.1 Å². The van der Waals surface area contributed by atoms with Crippen molar-refractivity contribution in [2.75, 3.05) is 6.67 Å². The summed E-state index contributed by atoms with van der Waals surface area (Å²) in [5.41, 5.74) is 12.4. The number of fused-ring (bicyclic) bond motifs is 1. The van der Waals surface area contributed by atoms with Gasteiger partial charge in [-0.15, -0.1) is 17.3 Å². The van der Waals surface area contributed by atoms with Gasteiger partial charge in [-0.3, -0.25) is 20.9 Å². The van der Waals surface area contributed by atoms with Gasteiger partial charge in [0.2, 0.25) is 0 Å². The molecule has 1 aliphatic rings. The van der Waals surface area contributed by atoms with Gasteiger partial charge in [0.15, 0.2) is 5.78 Å². The third kappa shape index (κ3) is 4.09. The van der Waals surface area contributed by atoms with Crippen LogP contribution in [0.15, 0.2) is 9.98 Å². The van der Waals surface area contributed by atoms with E-state index in [0.717, 1.165) is 50.2 Å². The molecule has 0 saturated heterocycles. The number of carbonyl (C=O) groups is 1. The molecule has 0 heterocycles. The second kappa shape index (κ2) is 9.42. The molecular weight excluding hydrogens is 427 g/mol. The molecule has 0 fully saturated rings. The average Bonchev–Trinajstić information content (AvgIpc) is 3.06. The van der Waals surface area contributed by atoms with E-state index in [0.29, 0.717) is 17.5 Å². The molecule has 161 valence electrons. The predicted molar refractivity (Wildman–Crippen MR) is 122 cm³/mol. The van der Waals surface area contributed by atoms with E-state index in [1.807, 2.05) is 40.9 Å². The van der Waals surface area contributed by atoms with Gasteiger partial charge in [-0.25, -0.2) is 11.1 Å². The van der Waals surface area contributed by atoms with Gasteiger partial charge in [0, 0.05) is 11.1 Å². The number of aliphatic imine (C=N–C) groups is 2. The molecule has 0 unspecified atom stereocenters. The molecule has 0 aliphatic heterocycles. The molecule has 31 heavy (non-hydrogen) atoms. The Bertz CT molecular complexity index is 1160. The van der Waals surface area contributed by atoms with Gasteiger partial charge in [-0.1, -0.05) is 27.7 Å². The smallest absolute Gasteiger partial charge is 0.391 e. The fraction of sp³-hybridized carbons (Fsp3) is 0.385. The van der Waals surface area contributed by atoms with Crippen molar-refractivity contribution in [1.29, 1.82) is 0 Å². The van der Waals surface area contributed by atoms with E-state index in [2.05, 4.69) is 37.0 Å². The Morgan fingerprint density at radius 1 is 0.710 bits per heavy atom. The Morgan fingerprint density at radius 3 is 1.74 bits per heavy atom. The normalized spacial score (nSPS) is 14.3. The molecule has 0 bridgehead atoms. The topological polar surface area (TPSA) is 58.9 Å². The number of carbonyl (C=O) groups excluding carboxylic acids is 2. The van der Waals surface area contributed by atoms with E-state index < -0.39 is 0 Å². The Labute approximate surface area is 195 Å². The van der Waals surface area contributed by atoms with Crippen molar-refractivity contribution in [1.82, 2.24) is 0 Å². The Morgan fingerprint density at radius 2 is 1.19 bits per heavy atom. The van der Waals surface area contributed by atoms with Gasteiger partial charge < -0.3 is 9.79 Å². The van der Waals surface area contributed by atoms with Crippen LogP contribution in [0.2, 0.25) is 0 Å². The van der Waals surface area contributed by atoms with Crippen LogP contribution in [0.25, 0.3) is 0 Å². The summed E-state index contributed by atoms with van der Waals surface area (Å²) in [4.78, 5) is 33.1. The summed E-state index contributed by atoms with van der Waals surface area (Å²) < 4.78 is 0. The summed E-state index contributed by atoms with van der Waals surface area (Å²) in [6.45, 7) is 16.3. The number of ketones is 1. The van der Waals surface area contributed by atoms with E-state index in [9.17, 15) is 9.59 Å². The SMILES string of the molecule is Cc1c(C)c(C)c([C-]=NCN=C2CC(=O)c3c(C)c(C)c(C)c(C)c32)c([C-]=O)c1C.[Mn+2]. The molecule has 5 heteroatoms. The molecule has 0 amide bonds. The van der Waals surface area contributed by atoms with Crippen LogP contribution < -0.4 is 0 Å². The van der Waals surface area contributed by atoms with Crippen LogP contribution in [0.5, 0.6) is 0 Å². The van der Waals surface area contributed by atoms with E-state index in [4.69, 9.17) is 0 Å². The first kappa shape index (κ1) is 24.9. The van der Waals surface area contributed by atoms with Crippen LogP contribution in [-0.4, -0.2) is 30.7 Å². The number of nitrogens with zero attached hydrogens (tertiary/aromatic N) is 2. The number of benzene rings is 2. The van der Waals surface area contributed by atoms with Crippen LogP contribution in [0, 0.1) is 55.4 Å². The molecule has 2 aromatic rings. The van der Waals surface area contributed by atoms with E-state index in [1.54, 1.807) is 0 Å². The standard InChI is InChI=1S/C26H28N2O2.Mn/c1-13-14(2)18(6)22(11-29)21(17(13)5)10-27-12-28-23-9-24(30)26-20(8)16(4)15(3)19(7)25(23)26;/h9,12H2,1-8H3;/q-2;+2. The molecule has 3 rings (SSSR count). The first-order valence-corrected chi connectivity index (χ1v) is 10.2.